The van der Waals surface area contributed by atoms with Crippen molar-refractivity contribution in [2.45, 2.75) is 31.7 Å². The van der Waals surface area contributed by atoms with Gasteiger partial charge in [-0.25, -0.2) is 4.39 Å². The molecule has 28 heavy (non-hydrogen) atoms. The van der Waals surface area contributed by atoms with Gasteiger partial charge < -0.3 is 20.0 Å². The lowest BCUT2D eigenvalue weighted by molar-refractivity contribution is -0.133. The Morgan fingerprint density at radius 1 is 1.21 bits per heavy atom. The first-order valence-corrected chi connectivity index (χ1v) is 10.3. The first kappa shape index (κ1) is 21.0. The van der Waals surface area contributed by atoms with E-state index in [9.17, 15) is 19.4 Å². The van der Waals surface area contributed by atoms with Gasteiger partial charge in [0.05, 0.1) is 6.42 Å². The fraction of sp³-hybridized carbons (Fsp3) is 0.667. The SMILES string of the molecule is CN1CCN([C@H]2CCN(C(=O)Cc3ccc(O)c(F)c3)C[C@H]2CCCO)CC1. The molecule has 2 heterocycles. The number of carbonyl (C=O) groups excluding carboxylic acids is 1. The lowest BCUT2D eigenvalue weighted by Crippen LogP contribution is -2.57. The van der Waals surface area contributed by atoms with Gasteiger partial charge in [0.1, 0.15) is 0 Å². The van der Waals surface area contributed by atoms with Gasteiger partial charge in [0.15, 0.2) is 11.6 Å². The molecule has 6 nitrogen and oxygen atoms in total. The average molecular weight is 394 g/mol. The lowest BCUT2D eigenvalue weighted by Gasteiger charge is -2.46. The van der Waals surface area contributed by atoms with Gasteiger partial charge >= 0.3 is 0 Å². The number of rotatable bonds is 6. The second-order valence-electron chi connectivity index (χ2n) is 8.12. The van der Waals surface area contributed by atoms with Crippen LogP contribution in [0.1, 0.15) is 24.8 Å². The minimum atomic E-state index is -0.695. The van der Waals surface area contributed by atoms with E-state index in [0.29, 0.717) is 30.6 Å². The van der Waals surface area contributed by atoms with Crippen LogP contribution in [0.5, 0.6) is 5.75 Å². The van der Waals surface area contributed by atoms with Crippen molar-refractivity contribution in [1.29, 1.82) is 0 Å². The molecule has 1 aromatic carbocycles. The smallest absolute Gasteiger partial charge is 0.227 e. The summed E-state index contributed by atoms with van der Waals surface area (Å²) in [7, 11) is 2.15. The number of halogens is 1. The van der Waals surface area contributed by atoms with E-state index in [4.69, 9.17) is 0 Å². The van der Waals surface area contributed by atoms with Gasteiger partial charge in [0.25, 0.3) is 0 Å². The second kappa shape index (κ2) is 9.67. The normalized spacial score (nSPS) is 24.5. The first-order chi connectivity index (χ1) is 13.5. The highest BCUT2D eigenvalue weighted by molar-refractivity contribution is 5.79. The van der Waals surface area contributed by atoms with Crippen molar-refractivity contribution >= 4 is 5.91 Å². The second-order valence-corrected chi connectivity index (χ2v) is 8.12. The van der Waals surface area contributed by atoms with Crippen LogP contribution in [0.3, 0.4) is 0 Å². The standard InChI is InChI=1S/C21H32FN3O3/c1-23-8-10-24(11-9-23)19-6-7-25(15-17(19)3-2-12-26)21(28)14-16-4-5-20(27)18(22)13-16/h4-5,13,17,19,26-27H,2-3,6-12,14-15H2,1H3/t17-,19+/m1/s1. The number of carbonyl (C=O) groups is 1. The number of likely N-dealkylation sites (N-methyl/N-ethyl adjacent to an activating group) is 1. The van der Waals surface area contributed by atoms with Gasteiger partial charge in [0.2, 0.25) is 5.91 Å². The summed E-state index contributed by atoms with van der Waals surface area (Å²) in [5.41, 5.74) is 0.577. The Morgan fingerprint density at radius 3 is 2.64 bits per heavy atom. The van der Waals surface area contributed by atoms with Gasteiger partial charge in [0, 0.05) is 51.9 Å². The predicted molar refractivity (Wildman–Crippen MR) is 106 cm³/mol. The maximum Gasteiger partial charge on any atom is 0.227 e. The number of benzene rings is 1. The Bertz CT molecular complexity index is 664. The molecular formula is C21H32FN3O3. The van der Waals surface area contributed by atoms with Crippen LogP contribution in [0.4, 0.5) is 4.39 Å². The molecule has 3 rings (SSSR count). The number of aromatic hydroxyl groups is 1. The summed E-state index contributed by atoms with van der Waals surface area (Å²) in [5.74, 6) is -0.742. The molecule has 0 bridgehead atoms. The Balaban J connectivity index is 1.62. The molecule has 1 amide bonds. The molecule has 0 saturated carbocycles. The van der Waals surface area contributed by atoms with Gasteiger partial charge in [-0.2, -0.15) is 0 Å². The first-order valence-electron chi connectivity index (χ1n) is 10.3. The van der Waals surface area contributed by atoms with E-state index in [1.54, 1.807) is 6.07 Å². The highest BCUT2D eigenvalue weighted by atomic mass is 19.1. The summed E-state index contributed by atoms with van der Waals surface area (Å²) < 4.78 is 13.6. The Hall–Kier alpha value is -1.70. The molecule has 2 saturated heterocycles. The van der Waals surface area contributed by atoms with Crippen LogP contribution in [0.15, 0.2) is 18.2 Å². The summed E-state index contributed by atoms with van der Waals surface area (Å²) in [6, 6.07) is 4.57. The molecule has 1 aromatic rings. The van der Waals surface area contributed by atoms with Crippen molar-refractivity contribution < 1.29 is 19.4 Å². The number of hydrogen-bond donors (Lipinski definition) is 2. The third-order valence-electron chi connectivity index (χ3n) is 6.15. The van der Waals surface area contributed by atoms with E-state index in [-0.39, 0.29) is 18.9 Å². The Labute approximate surface area is 166 Å². The number of piperazine rings is 1. The van der Waals surface area contributed by atoms with Crippen LogP contribution >= 0.6 is 0 Å². The van der Waals surface area contributed by atoms with E-state index in [1.807, 2.05) is 4.90 Å². The Morgan fingerprint density at radius 2 is 1.96 bits per heavy atom. The summed E-state index contributed by atoms with van der Waals surface area (Å²) in [4.78, 5) is 19.6. The lowest BCUT2D eigenvalue weighted by atomic mass is 9.86. The zero-order chi connectivity index (χ0) is 20.1. The van der Waals surface area contributed by atoms with Gasteiger partial charge in [-0.05, 0) is 49.9 Å². The maximum absolute atomic E-state index is 13.6. The molecule has 2 aliphatic heterocycles. The molecule has 2 N–H and O–H groups in total. The van der Waals surface area contributed by atoms with Crippen molar-refractivity contribution in [3.05, 3.63) is 29.6 Å². The molecule has 0 spiro atoms. The highest BCUT2D eigenvalue weighted by Crippen LogP contribution is 2.28. The number of piperidine rings is 1. The van der Waals surface area contributed by atoms with Crippen LogP contribution < -0.4 is 0 Å². The number of phenols is 1. The monoisotopic (exact) mass is 393 g/mol. The minimum Gasteiger partial charge on any atom is -0.505 e. The van der Waals surface area contributed by atoms with E-state index in [1.165, 1.54) is 12.1 Å². The molecular weight excluding hydrogens is 361 g/mol. The molecule has 2 fully saturated rings. The molecule has 156 valence electrons. The number of phenolic OH excluding ortho intramolecular Hbond substituents is 1. The van der Waals surface area contributed by atoms with Gasteiger partial charge in [-0.3, -0.25) is 9.69 Å². The van der Waals surface area contributed by atoms with Crippen LogP contribution in [0.2, 0.25) is 0 Å². The molecule has 0 unspecified atom stereocenters. The fourth-order valence-electron chi connectivity index (χ4n) is 4.46. The fourth-order valence-corrected chi connectivity index (χ4v) is 4.46. The number of likely N-dealkylation sites (tertiary alicyclic amines) is 1. The van der Waals surface area contributed by atoms with Crippen molar-refractivity contribution in [2.75, 3.05) is 52.9 Å². The van der Waals surface area contributed by atoms with Crippen molar-refractivity contribution in [3.63, 3.8) is 0 Å². The predicted octanol–water partition coefficient (Wildman–Crippen LogP) is 1.31. The highest BCUT2D eigenvalue weighted by Gasteiger charge is 2.35. The Kier molecular flexibility index (Phi) is 7.26. The number of nitrogens with zero attached hydrogens (tertiary/aromatic N) is 3. The molecule has 0 aliphatic carbocycles. The topological polar surface area (TPSA) is 67.2 Å². The summed E-state index contributed by atoms with van der Waals surface area (Å²) in [5, 5.41) is 18.6. The number of aliphatic hydroxyl groups is 1. The van der Waals surface area contributed by atoms with Crippen LogP contribution in [-0.4, -0.2) is 89.8 Å². The molecule has 0 aromatic heterocycles. The quantitative estimate of drug-likeness (QED) is 0.763. The third kappa shape index (κ3) is 5.21. The maximum atomic E-state index is 13.6. The molecule has 0 radical (unpaired) electrons. The summed E-state index contributed by atoms with van der Waals surface area (Å²) in [6.07, 6.45) is 2.74. The summed E-state index contributed by atoms with van der Waals surface area (Å²) >= 11 is 0. The third-order valence-corrected chi connectivity index (χ3v) is 6.15. The van der Waals surface area contributed by atoms with Crippen LogP contribution in [0.25, 0.3) is 0 Å². The average Bonchev–Trinajstić information content (AvgIpc) is 2.69. The van der Waals surface area contributed by atoms with Crippen molar-refractivity contribution in [3.8, 4) is 5.75 Å². The van der Waals surface area contributed by atoms with E-state index in [0.717, 1.165) is 45.4 Å². The number of amides is 1. The summed E-state index contributed by atoms with van der Waals surface area (Å²) in [6.45, 7) is 5.82. The molecule has 7 heteroatoms. The zero-order valence-electron chi connectivity index (χ0n) is 16.7. The molecule has 2 atom stereocenters. The van der Waals surface area contributed by atoms with Gasteiger partial charge in [-0.1, -0.05) is 6.07 Å². The molecule has 2 aliphatic rings. The minimum absolute atomic E-state index is 0.00378. The zero-order valence-corrected chi connectivity index (χ0v) is 16.7. The number of aliphatic hydroxyl groups excluding tert-OH is 1. The van der Waals surface area contributed by atoms with Crippen LogP contribution in [0, 0.1) is 11.7 Å². The van der Waals surface area contributed by atoms with Crippen LogP contribution in [-0.2, 0) is 11.2 Å². The van der Waals surface area contributed by atoms with E-state index < -0.39 is 11.6 Å². The largest absolute Gasteiger partial charge is 0.505 e. The van der Waals surface area contributed by atoms with Crippen molar-refractivity contribution in [2.24, 2.45) is 5.92 Å². The van der Waals surface area contributed by atoms with Crippen molar-refractivity contribution in [1.82, 2.24) is 14.7 Å². The number of hydrogen-bond acceptors (Lipinski definition) is 5. The van der Waals surface area contributed by atoms with E-state index in [2.05, 4.69) is 16.8 Å². The van der Waals surface area contributed by atoms with E-state index >= 15 is 0 Å². The van der Waals surface area contributed by atoms with Gasteiger partial charge in [-0.15, -0.1) is 0 Å².